The number of rotatable bonds is 6. The molecular weight excluding hydrogens is 323 g/mol. The SMILES string of the molecule is CCCCC(C=C(I)C(=O)OC)OC(C)=O. The van der Waals surface area contributed by atoms with Crippen molar-refractivity contribution in [1.29, 1.82) is 0 Å². The van der Waals surface area contributed by atoms with Crippen molar-refractivity contribution >= 4 is 34.5 Å². The van der Waals surface area contributed by atoms with Gasteiger partial charge in [-0.25, -0.2) is 4.79 Å². The van der Waals surface area contributed by atoms with Crippen LogP contribution in [-0.2, 0) is 19.1 Å². The van der Waals surface area contributed by atoms with E-state index in [1.165, 1.54) is 14.0 Å². The second-order valence-corrected chi connectivity index (χ2v) is 4.46. The van der Waals surface area contributed by atoms with Crippen LogP contribution in [0.5, 0.6) is 0 Å². The standard InChI is InChI=1S/C11H17IO4/c1-4-5-6-9(16-8(2)13)7-10(12)11(14)15-3/h7,9H,4-6H2,1-3H3. The molecular formula is C11H17IO4. The van der Waals surface area contributed by atoms with Gasteiger partial charge in [0, 0.05) is 6.92 Å². The van der Waals surface area contributed by atoms with E-state index in [1.807, 2.05) is 22.6 Å². The van der Waals surface area contributed by atoms with Crippen LogP contribution in [0.1, 0.15) is 33.1 Å². The summed E-state index contributed by atoms with van der Waals surface area (Å²) < 4.78 is 10.1. The lowest BCUT2D eigenvalue weighted by atomic mass is 10.1. The number of methoxy groups -OCH3 is 1. The van der Waals surface area contributed by atoms with Crippen LogP contribution >= 0.6 is 22.6 Å². The molecule has 0 aromatic heterocycles. The first-order chi connectivity index (χ1) is 7.51. The van der Waals surface area contributed by atoms with Crippen molar-refractivity contribution in [2.75, 3.05) is 7.11 Å². The van der Waals surface area contributed by atoms with Gasteiger partial charge in [0.2, 0.25) is 0 Å². The largest absolute Gasteiger partial charge is 0.465 e. The van der Waals surface area contributed by atoms with E-state index in [2.05, 4.69) is 11.7 Å². The highest BCUT2D eigenvalue weighted by Crippen LogP contribution is 2.14. The Bertz CT molecular complexity index is 273. The van der Waals surface area contributed by atoms with Crippen molar-refractivity contribution in [2.45, 2.75) is 39.2 Å². The molecule has 0 spiro atoms. The summed E-state index contributed by atoms with van der Waals surface area (Å²) in [7, 11) is 1.32. The molecule has 0 N–H and O–H groups in total. The minimum absolute atomic E-state index is 0.341. The fraction of sp³-hybridized carbons (Fsp3) is 0.636. The van der Waals surface area contributed by atoms with Crippen molar-refractivity contribution in [3.05, 3.63) is 9.66 Å². The minimum Gasteiger partial charge on any atom is -0.465 e. The summed E-state index contributed by atoms with van der Waals surface area (Å²) in [6, 6.07) is 0. The maximum absolute atomic E-state index is 11.2. The molecule has 1 unspecified atom stereocenters. The zero-order chi connectivity index (χ0) is 12.6. The topological polar surface area (TPSA) is 52.6 Å². The van der Waals surface area contributed by atoms with Gasteiger partial charge in [-0.1, -0.05) is 13.3 Å². The first-order valence-corrected chi connectivity index (χ1v) is 6.22. The van der Waals surface area contributed by atoms with Crippen molar-refractivity contribution in [3.63, 3.8) is 0 Å². The Morgan fingerprint density at radius 3 is 2.50 bits per heavy atom. The van der Waals surface area contributed by atoms with Crippen molar-refractivity contribution in [1.82, 2.24) is 0 Å². The highest BCUT2D eigenvalue weighted by atomic mass is 127. The second kappa shape index (κ2) is 8.55. The van der Waals surface area contributed by atoms with Gasteiger partial charge in [0.1, 0.15) is 6.10 Å². The number of carbonyl (C=O) groups excluding carboxylic acids is 2. The van der Waals surface area contributed by atoms with E-state index in [9.17, 15) is 9.59 Å². The third kappa shape index (κ3) is 6.81. The summed E-state index contributed by atoms with van der Waals surface area (Å²) in [5.41, 5.74) is 0. The van der Waals surface area contributed by atoms with Gasteiger partial charge in [-0.3, -0.25) is 4.79 Å². The summed E-state index contributed by atoms with van der Waals surface area (Å²) >= 11 is 1.88. The lowest BCUT2D eigenvalue weighted by Crippen LogP contribution is -2.15. The molecule has 4 nitrogen and oxygen atoms in total. The second-order valence-electron chi connectivity index (χ2n) is 3.30. The third-order valence-electron chi connectivity index (χ3n) is 1.87. The van der Waals surface area contributed by atoms with Crippen LogP contribution in [0, 0.1) is 0 Å². The first kappa shape index (κ1) is 15.4. The number of ether oxygens (including phenoxy) is 2. The molecule has 0 aromatic rings. The van der Waals surface area contributed by atoms with Gasteiger partial charge in [0.25, 0.3) is 0 Å². The predicted octanol–water partition coefficient (Wildman–Crippen LogP) is 2.60. The van der Waals surface area contributed by atoms with Gasteiger partial charge in [-0.2, -0.15) is 0 Å². The molecule has 0 radical (unpaired) electrons. The number of unbranched alkanes of at least 4 members (excludes halogenated alkanes) is 1. The van der Waals surface area contributed by atoms with Crippen molar-refractivity contribution in [3.8, 4) is 0 Å². The van der Waals surface area contributed by atoms with Crippen LogP contribution in [0.25, 0.3) is 0 Å². The normalized spacial score (nSPS) is 13.1. The van der Waals surface area contributed by atoms with E-state index in [0.29, 0.717) is 3.58 Å². The first-order valence-electron chi connectivity index (χ1n) is 5.14. The van der Waals surface area contributed by atoms with E-state index < -0.39 is 5.97 Å². The number of hydrogen-bond donors (Lipinski definition) is 0. The van der Waals surface area contributed by atoms with Crippen LogP contribution in [0.15, 0.2) is 9.66 Å². The Kier molecular flexibility index (Phi) is 8.23. The highest BCUT2D eigenvalue weighted by molar-refractivity contribution is 14.1. The molecule has 0 fully saturated rings. The smallest absolute Gasteiger partial charge is 0.343 e. The summed E-state index contributed by atoms with van der Waals surface area (Å²) in [5, 5.41) is 0. The van der Waals surface area contributed by atoms with Crippen LogP contribution in [-0.4, -0.2) is 25.2 Å². The van der Waals surface area contributed by atoms with Gasteiger partial charge in [0.15, 0.2) is 0 Å². The molecule has 0 saturated heterocycles. The quantitative estimate of drug-likeness (QED) is 0.424. The van der Waals surface area contributed by atoms with E-state index in [4.69, 9.17) is 4.74 Å². The molecule has 0 aromatic carbocycles. The molecule has 0 aliphatic rings. The van der Waals surface area contributed by atoms with E-state index in [0.717, 1.165) is 19.3 Å². The van der Waals surface area contributed by atoms with E-state index in [1.54, 1.807) is 6.08 Å². The molecule has 5 heteroatoms. The molecule has 0 bridgehead atoms. The van der Waals surface area contributed by atoms with Crippen molar-refractivity contribution < 1.29 is 19.1 Å². The average molecular weight is 340 g/mol. The lowest BCUT2D eigenvalue weighted by Gasteiger charge is -2.13. The Morgan fingerprint density at radius 2 is 2.06 bits per heavy atom. The number of halogens is 1. The van der Waals surface area contributed by atoms with Gasteiger partial charge in [-0.05, 0) is 41.5 Å². The van der Waals surface area contributed by atoms with Gasteiger partial charge < -0.3 is 9.47 Å². The summed E-state index contributed by atoms with van der Waals surface area (Å²) in [6.45, 7) is 3.41. The lowest BCUT2D eigenvalue weighted by molar-refractivity contribution is -0.144. The Labute approximate surface area is 110 Å². The maximum Gasteiger partial charge on any atom is 0.343 e. The molecule has 0 saturated carbocycles. The molecule has 92 valence electrons. The van der Waals surface area contributed by atoms with Gasteiger partial charge >= 0.3 is 11.9 Å². The molecule has 0 amide bonds. The van der Waals surface area contributed by atoms with Crippen LogP contribution in [0.3, 0.4) is 0 Å². The minimum atomic E-state index is -0.408. The molecule has 1 atom stereocenters. The maximum atomic E-state index is 11.2. The van der Waals surface area contributed by atoms with E-state index >= 15 is 0 Å². The van der Waals surface area contributed by atoms with Gasteiger partial charge in [-0.15, -0.1) is 0 Å². The number of hydrogen-bond acceptors (Lipinski definition) is 4. The molecule has 0 aliphatic carbocycles. The molecule has 16 heavy (non-hydrogen) atoms. The average Bonchev–Trinajstić information content (AvgIpc) is 2.23. The van der Waals surface area contributed by atoms with Gasteiger partial charge in [0.05, 0.1) is 10.7 Å². The van der Waals surface area contributed by atoms with E-state index in [-0.39, 0.29) is 12.1 Å². The third-order valence-corrected chi connectivity index (χ3v) is 2.67. The Morgan fingerprint density at radius 1 is 1.44 bits per heavy atom. The van der Waals surface area contributed by atoms with Crippen molar-refractivity contribution in [2.24, 2.45) is 0 Å². The molecule has 0 heterocycles. The summed E-state index contributed by atoms with van der Waals surface area (Å²) in [5.74, 6) is -0.749. The van der Waals surface area contributed by atoms with Crippen LogP contribution < -0.4 is 0 Å². The number of esters is 2. The number of carbonyl (C=O) groups is 2. The Hall–Kier alpha value is -0.590. The fourth-order valence-electron chi connectivity index (χ4n) is 1.12. The van der Waals surface area contributed by atoms with Crippen LogP contribution in [0.2, 0.25) is 0 Å². The molecule has 0 rings (SSSR count). The Balaban J connectivity index is 4.49. The highest BCUT2D eigenvalue weighted by Gasteiger charge is 2.13. The zero-order valence-corrected chi connectivity index (χ0v) is 11.9. The monoisotopic (exact) mass is 340 g/mol. The van der Waals surface area contributed by atoms with Crippen LogP contribution in [0.4, 0.5) is 0 Å². The summed E-state index contributed by atoms with van der Waals surface area (Å²) in [6.07, 6.45) is 3.96. The predicted molar refractivity (Wildman–Crippen MR) is 69.2 cm³/mol. The fourth-order valence-corrected chi connectivity index (χ4v) is 1.74. The summed E-state index contributed by atoms with van der Waals surface area (Å²) in [4.78, 5) is 22.0. The zero-order valence-electron chi connectivity index (χ0n) is 9.79. The molecule has 0 aliphatic heterocycles.